The zero-order chi connectivity index (χ0) is 14.1. The molecule has 0 aliphatic carbocycles. The van der Waals surface area contributed by atoms with Crippen molar-refractivity contribution in [2.45, 2.75) is 38.3 Å². The minimum atomic E-state index is 0.172. The average Bonchev–Trinajstić information content (AvgIpc) is 2.46. The van der Waals surface area contributed by atoms with Gasteiger partial charge in [0.2, 0.25) is 0 Å². The molecule has 0 spiro atoms. The summed E-state index contributed by atoms with van der Waals surface area (Å²) in [5, 5.41) is 1.88. The van der Waals surface area contributed by atoms with Crippen LogP contribution in [0.25, 0.3) is 10.9 Å². The Morgan fingerprint density at radius 2 is 2.20 bits per heavy atom. The van der Waals surface area contributed by atoms with Crippen LogP contribution in [-0.2, 0) is 0 Å². The number of aromatic nitrogens is 1. The van der Waals surface area contributed by atoms with Gasteiger partial charge in [-0.3, -0.25) is 4.98 Å². The molecule has 1 aliphatic rings. The first-order valence-corrected chi connectivity index (χ1v) is 7.61. The van der Waals surface area contributed by atoms with Gasteiger partial charge in [-0.25, -0.2) is 0 Å². The first-order chi connectivity index (χ1) is 9.66. The SMILES string of the molecule is CC(N)C1CCCCN1c1ccnc2cc(Cl)ccc12. The van der Waals surface area contributed by atoms with Gasteiger partial charge in [-0.1, -0.05) is 11.6 Å². The number of halogens is 1. The monoisotopic (exact) mass is 289 g/mol. The van der Waals surface area contributed by atoms with E-state index in [-0.39, 0.29) is 6.04 Å². The highest BCUT2D eigenvalue weighted by atomic mass is 35.5. The Morgan fingerprint density at radius 3 is 3.00 bits per heavy atom. The topological polar surface area (TPSA) is 42.1 Å². The highest BCUT2D eigenvalue weighted by molar-refractivity contribution is 6.31. The van der Waals surface area contributed by atoms with Gasteiger partial charge in [0.05, 0.1) is 5.52 Å². The fourth-order valence-corrected chi connectivity index (χ4v) is 3.33. The second-order valence-electron chi connectivity index (χ2n) is 5.61. The number of hydrogen-bond acceptors (Lipinski definition) is 3. The highest BCUT2D eigenvalue weighted by Crippen LogP contribution is 2.32. The lowest BCUT2D eigenvalue weighted by molar-refractivity contribution is 0.414. The Morgan fingerprint density at radius 1 is 1.35 bits per heavy atom. The predicted octanol–water partition coefficient (Wildman–Crippen LogP) is 3.59. The van der Waals surface area contributed by atoms with Gasteiger partial charge in [0.15, 0.2) is 0 Å². The van der Waals surface area contributed by atoms with Crippen LogP contribution in [0.5, 0.6) is 0 Å². The number of nitrogens with two attached hydrogens (primary N) is 1. The summed E-state index contributed by atoms with van der Waals surface area (Å²) in [6.45, 7) is 3.16. The maximum Gasteiger partial charge on any atom is 0.0737 e. The van der Waals surface area contributed by atoms with Gasteiger partial charge < -0.3 is 10.6 Å². The number of rotatable bonds is 2. The van der Waals surface area contributed by atoms with E-state index in [9.17, 15) is 0 Å². The third-order valence-electron chi connectivity index (χ3n) is 4.15. The first kappa shape index (κ1) is 13.7. The molecule has 106 valence electrons. The summed E-state index contributed by atoms with van der Waals surface area (Å²) in [7, 11) is 0. The van der Waals surface area contributed by atoms with Gasteiger partial charge in [0.25, 0.3) is 0 Å². The molecule has 1 aromatic heterocycles. The minimum Gasteiger partial charge on any atom is -0.366 e. The number of pyridine rings is 1. The van der Waals surface area contributed by atoms with E-state index in [0.29, 0.717) is 6.04 Å². The zero-order valence-electron chi connectivity index (χ0n) is 11.7. The molecule has 0 saturated carbocycles. The van der Waals surface area contributed by atoms with E-state index in [1.807, 2.05) is 18.3 Å². The summed E-state index contributed by atoms with van der Waals surface area (Å²) in [6, 6.07) is 8.59. The predicted molar refractivity (Wildman–Crippen MR) is 85.4 cm³/mol. The van der Waals surface area contributed by atoms with Crippen molar-refractivity contribution in [3.05, 3.63) is 35.5 Å². The molecule has 0 bridgehead atoms. The largest absolute Gasteiger partial charge is 0.366 e. The van der Waals surface area contributed by atoms with Crippen LogP contribution in [0.1, 0.15) is 26.2 Å². The molecule has 20 heavy (non-hydrogen) atoms. The van der Waals surface area contributed by atoms with Crippen LogP contribution >= 0.6 is 11.6 Å². The Kier molecular flexibility index (Phi) is 3.81. The standard InChI is InChI=1S/C16H20ClN3/c1-11(18)15-4-2-3-9-20(15)16-7-8-19-14-10-12(17)5-6-13(14)16/h5-8,10-11,15H,2-4,9,18H2,1H3. The number of anilines is 1. The normalized spacial score (nSPS) is 21.1. The second kappa shape index (κ2) is 5.58. The molecule has 4 heteroatoms. The lowest BCUT2D eigenvalue weighted by Crippen LogP contribution is -2.49. The van der Waals surface area contributed by atoms with Crippen molar-refractivity contribution in [2.24, 2.45) is 5.73 Å². The second-order valence-corrected chi connectivity index (χ2v) is 6.04. The molecule has 1 saturated heterocycles. The Labute approximate surface area is 124 Å². The maximum absolute atomic E-state index is 6.18. The van der Waals surface area contributed by atoms with Gasteiger partial charge in [-0.2, -0.15) is 0 Å². The van der Waals surface area contributed by atoms with Crippen molar-refractivity contribution in [1.29, 1.82) is 0 Å². The van der Waals surface area contributed by atoms with Gasteiger partial charge >= 0.3 is 0 Å². The van der Waals surface area contributed by atoms with Crippen molar-refractivity contribution in [3.8, 4) is 0 Å². The van der Waals surface area contributed by atoms with Crippen LogP contribution in [0, 0.1) is 0 Å². The van der Waals surface area contributed by atoms with Gasteiger partial charge in [0.1, 0.15) is 0 Å². The number of piperidine rings is 1. The Bertz CT molecular complexity index is 612. The molecule has 1 aromatic carbocycles. The molecule has 0 radical (unpaired) electrons. The Balaban J connectivity index is 2.08. The van der Waals surface area contributed by atoms with Crippen molar-refractivity contribution in [2.75, 3.05) is 11.4 Å². The third-order valence-corrected chi connectivity index (χ3v) is 4.38. The molecule has 3 rings (SSSR count). The first-order valence-electron chi connectivity index (χ1n) is 7.23. The van der Waals surface area contributed by atoms with E-state index in [0.717, 1.165) is 28.9 Å². The molecule has 1 fully saturated rings. The van der Waals surface area contributed by atoms with Crippen molar-refractivity contribution in [3.63, 3.8) is 0 Å². The van der Waals surface area contributed by atoms with Crippen LogP contribution in [0.3, 0.4) is 0 Å². The average molecular weight is 290 g/mol. The molecule has 3 nitrogen and oxygen atoms in total. The van der Waals surface area contributed by atoms with Gasteiger partial charge in [-0.15, -0.1) is 0 Å². The van der Waals surface area contributed by atoms with Crippen molar-refractivity contribution in [1.82, 2.24) is 4.98 Å². The van der Waals surface area contributed by atoms with Crippen LogP contribution in [0.2, 0.25) is 5.02 Å². The summed E-state index contributed by atoms with van der Waals surface area (Å²) >= 11 is 6.06. The summed E-state index contributed by atoms with van der Waals surface area (Å²) in [6.07, 6.45) is 5.51. The van der Waals surface area contributed by atoms with Gasteiger partial charge in [0, 0.05) is 40.9 Å². The van der Waals surface area contributed by atoms with E-state index in [1.165, 1.54) is 18.5 Å². The van der Waals surface area contributed by atoms with Crippen molar-refractivity contribution < 1.29 is 0 Å². The molecular formula is C16H20ClN3. The molecule has 2 unspecified atom stereocenters. The fraction of sp³-hybridized carbons (Fsp3) is 0.438. The molecule has 2 heterocycles. The molecule has 2 aromatic rings. The molecule has 2 atom stereocenters. The molecular weight excluding hydrogens is 270 g/mol. The van der Waals surface area contributed by atoms with E-state index in [1.54, 1.807) is 0 Å². The zero-order valence-corrected chi connectivity index (χ0v) is 12.5. The quantitative estimate of drug-likeness (QED) is 0.918. The number of hydrogen-bond donors (Lipinski definition) is 1. The molecule has 1 aliphatic heterocycles. The van der Waals surface area contributed by atoms with E-state index in [2.05, 4.69) is 28.9 Å². The number of nitrogens with zero attached hydrogens (tertiary/aromatic N) is 2. The molecule has 0 amide bonds. The summed E-state index contributed by atoms with van der Waals surface area (Å²) < 4.78 is 0. The Hall–Kier alpha value is -1.32. The number of fused-ring (bicyclic) bond motifs is 1. The van der Waals surface area contributed by atoms with Crippen LogP contribution in [0.15, 0.2) is 30.5 Å². The molecule has 2 N–H and O–H groups in total. The maximum atomic E-state index is 6.18. The van der Waals surface area contributed by atoms with Crippen LogP contribution in [0.4, 0.5) is 5.69 Å². The van der Waals surface area contributed by atoms with E-state index < -0.39 is 0 Å². The summed E-state index contributed by atoms with van der Waals surface area (Å²) in [4.78, 5) is 6.88. The number of benzene rings is 1. The third kappa shape index (κ3) is 2.48. The van der Waals surface area contributed by atoms with E-state index in [4.69, 9.17) is 17.3 Å². The lowest BCUT2D eigenvalue weighted by Gasteiger charge is -2.40. The smallest absolute Gasteiger partial charge is 0.0737 e. The van der Waals surface area contributed by atoms with Crippen LogP contribution < -0.4 is 10.6 Å². The van der Waals surface area contributed by atoms with E-state index >= 15 is 0 Å². The minimum absolute atomic E-state index is 0.172. The van der Waals surface area contributed by atoms with Gasteiger partial charge in [-0.05, 0) is 50.5 Å². The highest BCUT2D eigenvalue weighted by Gasteiger charge is 2.26. The van der Waals surface area contributed by atoms with Crippen LogP contribution in [-0.4, -0.2) is 23.6 Å². The summed E-state index contributed by atoms with van der Waals surface area (Å²) in [5.41, 5.74) is 8.36. The van der Waals surface area contributed by atoms with Crippen molar-refractivity contribution >= 4 is 28.2 Å². The fourth-order valence-electron chi connectivity index (χ4n) is 3.16. The lowest BCUT2D eigenvalue weighted by atomic mass is 9.95. The summed E-state index contributed by atoms with van der Waals surface area (Å²) in [5.74, 6) is 0.